The predicted molar refractivity (Wildman–Crippen MR) is 229 cm³/mol. The lowest BCUT2D eigenvalue weighted by Gasteiger charge is -2.30. The van der Waals surface area contributed by atoms with Gasteiger partial charge in [-0.15, -0.1) is 0 Å². The van der Waals surface area contributed by atoms with E-state index in [-0.39, 0.29) is 41.3 Å². The summed E-state index contributed by atoms with van der Waals surface area (Å²) in [7, 11) is 2.89. The second-order valence-corrected chi connectivity index (χ2v) is 15.6. The second kappa shape index (κ2) is 22.8. The molecule has 1 aliphatic carbocycles. The molecule has 2 aromatic carbocycles. The van der Waals surface area contributed by atoms with Gasteiger partial charge in [-0.2, -0.15) is 0 Å². The number of carbonyl (C=O) groups is 5. The third-order valence-electron chi connectivity index (χ3n) is 10.7. The first-order valence-corrected chi connectivity index (χ1v) is 20.4. The Hall–Kier alpha value is -5.47. The summed E-state index contributed by atoms with van der Waals surface area (Å²) in [6.07, 6.45) is 5.14. The molecule has 6 atom stereocenters. The van der Waals surface area contributed by atoms with E-state index in [1.165, 1.54) is 38.9 Å². The van der Waals surface area contributed by atoms with Gasteiger partial charge in [0, 0.05) is 56.0 Å². The second-order valence-electron chi connectivity index (χ2n) is 15.6. The maximum absolute atomic E-state index is 14.2. The number of ether oxygens (including phenoxy) is 3. The van der Waals surface area contributed by atoms with Gasteiger partial charge in [0.05, 0.1) is 23.6 Å². The van der Waals surface area contributed by atoms with Crippen LogP contribution >= 0.6 is 0 Å². The molecule has 60 heavy (non-hydrogen) atoms. The number of allylic oxidation sites excluding steroid dienone is 4. The zero-order chi connectivity index (χ0) is 43.9. The molecule has 5 N–H and O–H groups in total. The maximum atomic E-state index is 14.2. The summed E-state index contributed by atoms with van der Waals surface area (Å²) in [5, 5.41) is 16.8. The molecular weight excluding hydrogens is 765 g/mol. The van der Waals surface area contributed by atoms with Crippen LogP contribution in [-0.4, -0.2) is 84.7 Å². The van der Waals surface area contributed by atoms with Gasteiger partial charge < -0.3 is 35.7 Å². The van der Waals surface area contributed by atoms with Gasteiger partial charge in [0.2, 0.25) is 11.6 Å². The quantitative estimate of drug-likeness (QED) is 0.146. The molecule has 4 rings (SSSR count). The Morgan fingerprint density at radius 1 is 0.967 bits per heavy atom. The number of unbranched alkanes of at least 4 members (excludes halogenated alkanes) is 1. The molecule has 2 aromatic rings. The summed E-state index contributed by atoms with van der Waals surface area (Å²) < 4.78 is 16.8. The van der Waals surface area contributed by atoms with Crippen molar-refractivity contribution < 1.29 is 43.3 Å². The molecule has 0 spiro atoms. The highest BCUT2D eigenvalue weighted by Crippen LogP contribution is 2.29. The summed E-state index contributed by atoms with van der Waals surface area (Å²) in [5.41, 5.74) is 8.28. The normalized spacial score (nSPS) is 25.7. The largest absolute Gasteiger partial charge is 0.439 e. The van der Waals surface area contributed by atoms with Crippen molar-refractivity contribution in [3.8, 4) is 0 Å². The number of hydrogen-bond donors (Lipinski definition) is 4. The third kappa shape index (κ3) is 13.3. The Kier molecular flexibility index (Phi) is 17.9. The first-order valence-electron chi connectivity index (χ1n) is 20.4. The van der Waals surface area contributed by atoms with Gasteiger partial charge in [0.1, 0.15) is 6.10 Å². The van der Waals surface area contributed by atoms with Crippen LogP contribution in [0.5, 0.6) is 0 Å². The van der Waals surface area contributed by atoms with Crippen LogP contribution in [0.25, 0.3) is 0 Å². The Balaban J connectivity index is 1.65. The number of nitrogens with two attached hydrogens (primary N) is 1. The summed E-state index contributed by atoms with van der Waals surface area (Å²) in [5.74, 6) is -3.37. The smallest absolute Gasteiger partial charge is 0.405 e. The first kappa shape index (κ1) is 47.2. The predicted octanol–water partition coefficient (Wildman–Crippen LogP) is 5.99. The number of Topliss-reactive ketones (excluding diaryl/α,β-unsaturated/α-hetero) is 1. The van der Waals surface area contributed by atoms with E-state index < -0.39 is 59.8 Å². The zero-order valence-electron chi connectivity index (χ0n) is 35.7. The average molecular weight is 825 g/mol. The Bertz CT molecular complexity index is 2000. The number of aliphatic hydroxyl groups excluding tert-OH is 1. The molecule has 1 heterocycles. The van der Waals surface area contributed by atoms with Crippen LogP contribution in [0.1, 0.15) is 81.8 Å². The minimum Gasteiger partial charge on any atom is -0.439 e. The Morgan fingerprint density at radius 3 is 2.25 bits per heavy atom. The number of nitrogens with one attached hydrogen (secondary N) is 2. The van der Waals surface area contributed by atoms with Crippen LogP contribution in [0.4, 0.5) is 4.79 Å². The molecule has 1 aliphatic heterocycles. The maximum Gasteiger partial charge on any atom is 0.405 e. The van der Waals surface area contributed by atoms with Crippen LogP contribution in [0, 0.1) is 11.8 Å². The van der Waals surface area contributed by atoms with Crippen molar-refractivity contribution >= 4 is 29.5 Å². The van der Waals surface area contributed by atoms with Crippen LogP contribution in [0.3, 0.4) is 0 Å². The molecule has 0 fully saturated rings. The lowest BCUT2D eigenvalue weighted by Crippen LogP contribution is -2.38. The molecule has 2 aliphatic rings. The van der Waals surface area contributed by atoms with E-state index in [0.29, 0.717) is 17.7 Å². The monoisotopic (exact) mass is 824 g/mol. The van der Waals surface area contributed by atoms with Crippen molar-refractivity contribution in [1.29, 1.82) is 0 Å². The molecule has 0 saturated heterocycles. The van der Waals surface area contributed by atoms with Gasteiger partial charge >= 0.3 is 6.09 Å². The number of primary amides is 1. The van der Waals surface area contributed by atoms with Gasteiger partial charge in [0.25, 0.3) is 11.8 Å². The lowest BCUT2D eigenvalue weighted by molar-refractivity contribution is -0.120. The number of carbonyl (C=O) groups excluding carboxylic acids is 5. The zero-order valence-corrected chi connectivity index (χ0v) is 35.7. The van der Waals surface area contributed by atoms with E-state index >= 15 is 0 Å². The van der Waals surface area contributed by atoms with Crippen LogP contribution in [-0.2, 0) is 41.7 Å². The summed E-state index contributed by atoms with van der Waals surface area (Å²) in [6.45, 7) is 11.4. The first-order chi connectivity index (χ1) is 28.6. The van der Waals surface area contributed by atoms with E-state index in [2.05, 4.69) is 34.6 Å². The van der Waals surface area contributed by atoms with E-state index in [4.69, 9.17) is 19.9 Å². The molecule has 1 unspecified atom stereocenters. The molecule has 0 aromatic heterocycles. The molecule has 0 saturated carbocycles. The minimum absolute atomic E-state index is 0.0127. The summed E-state index contributed by atoms with van der Waals surface area (Å²) in [6, 6.07) is 17.4. The van der Waals surface area contributed by atoms with Crippen molar-refractivity contribution in [2.45, 2.75) is 97.8 Å². The van der Waals surface area contributed by atoms with Crippen LogP contribution < -0.4 is 16.4 Å². The van der Waals surface area contributed by atoms with Gasteiger partial charge in [-0.25, -0.2) is 4.79 Å². The number of hydrogen-bond acceptors (Lipinski definition) is 10. The lowest BCUT2D eigenvalue weighted by atomic mass is 9.85. The fourth-order valence-electron chi connectivity index (χ4n) is 7.36. The third-order valence-corrected chi connectivity index (χ3v) is 10.7. The Morgan fingerprint density at radius 2 is 1.63 bits per heavy atom. The average Bonchev–Trinajstić information content (AvgIpc) is 3.22. The number of nitrogens with zero attached hydrogens (tertiary/aromatic N) is 1. The van der Waals surface area contributed by atoms with Gasteiger partial charge in [-0.1, -0.05) is 94.0 Å². The molecule has 322 valence electrons. The molecule has 13 heteroatoms. The topological polar surface area (TPSA) is 187 Å². The fraction of sp³-hybridized carbons (Fsp3) is 0.426. The molecule has 13 nitrogen and oxygen atoms in total. The van der Waals surface area contributed by atoms with Gasteiger partial charge in [0.15, 0.2) is 6.10 Å². The Labute approximate surface area is 353 Å². The highest BCUT2D eigenvalue weighted by atomic mass is 16.6. The van der Waals surface area contributed by atoms with Gasteiger partial charge in [-0.3, -0.25) is 24.1 Å². The highest BCUT2D eigenvalue weighted by molar-refractivity contribution is 6.24. The molecular formula is C47H60N4O9. The van der Waals surface area contributed by atoms with Crippen molar-refractivity contribution in [1.82, 2.24) is 15.5 Å². The highest BCUT2D eigenvalue weighted by Gasteiger charge is 2.34. The number of benzene rings is 2. The summed E-state index contributed by atoms with van der Waals surface area (Å²) >= 11 is 0. The molecule has 2 bridgehead atoms. The van der Waals surface area contributed by atoms with E-state index in [9.17, 15) is 29.1 Å². The van der Waals surface area contributed by atoms with E-state index in [1.807, 2.05) is 37.3 Å². The van der Waals surface area contributed by atoms with E-state index in [1.54, 1.807) is 38.1 Å². The SMILES string of the molecule is CCCCN(Cc1ccccc1)Cc1ccc(C(=O)NC2=C3C[C@@H](C)C[C@H](OC)[C@H](O)[C@@H](C)/C=C(\C)[C@H](OC(N)=O)C(OC)/C=C\C=C(/C)C(=O)NC(=CC2=O)C3=O)cc1. The number of aliphatic hydroxyl groups is 1. The molecule has 0 radical (unpaired) electrons. The van der Waals surface area contributed by atoms with Gasteiger partial charge in [-0.05, 0) is 74.4 Å². The summed E-state index contributed by atoms with van der Waals surface area (Å²) in [4.78, 5) is 69.3. The minimum atomic E-state index is -1.04. The number of ketones is 2. The number of methoxy groups -OCH3 is 2. The fourth-order valence-corrected chi connectivity index (χ4v) is 7.36. The van der Waals surface area contributed by atoms with Crippen LogP contribution in [0.15, 0.2) is 113 Å². The van der Waals surface area contributed by atoms with Crippen molar-refractivity contribution in [3.63, 3.8) is 0 Å². The van der Waals surface area contributed by atoms with Crippen LogP contribution in [0.2, 0.25) is 0 Å². The number of fused-ring (bicyclic) bond motifs is 2. The van der Waals surface area contributed by atoms with Crippen molar-refractivity contribution in [2.24, 2.45) is 17.6 Å². The number of amides is 3. The number of rotatable bonds is 12. The molecule has 3 amide bonds. The van der Waals surface area contributed by atoms with E-state index in [0.717, 1.165) is 37.6 Å². The standard InChI is InChI=1S/C47H60N4O9/c1-8-9-22-51(27-33-15-11-10-12-16-33)28-34-18-20-35(21-19-34)46(56)50-41-36-23-29(2)24-40(59-7)42(53)31(4)25-32(5)44(60-47(48)57)39(58-6)17-13-14-30(3)45(55)49-37(43(36)54)26-38(41)52/h10-21,25-26,29,31,39-40,42,44,53H,8-9,22-24,27-28H2,1-7H3,(H2,48,57)(H,49,55)(H,50,56)/b17-13-,30-14+,32-25+/t29-,31+,39?,40+,42-,44+/m1/s1. The van der Waals surface area contributed by atoms with Crippen molar-refractivity contribution in [3.05, 3.63) is 130 Å². The van der Waals surface area contributed by atoms with Crippen molar-refractivity contribution in [2.75, 3.05) is 20.8 Å².